The Morgan fingerprint density at radius 2 is 1.75 bits per heavy atom. The molecule has 0 aliphatic carbocycles. The second kappa shape index (κ2) is 6.37. The first kappa shape index (κ1) is 13.7. The Kier molecular flexibility index (Phi) is 5.44. The van der Waals surface area contributed by atoms with Crippen LogP contribution in [0.3, 0.4) is 0 Å². The summed E-state index contributed by atoms with van der Waals surface area (Å²) in [7, 11) is 0. The van der Waals surface area contributed by atoms with Crippen molar-refractivity contribution < 1.29 is 14.6 Å². The Bertz CT molecular complexity index is 491. The van der Waals surface area contributed by atoms with Crippen molar-refractivity contribution in [3.8, 4) is 5.75 Å². The second-order valence-corrected chi connectivity index (χ2v) is 3.14. The molecule has 0 unspecified atom stereocenters. The molecule has 0 aliphatic heterocycles. The van der Waals surface area contributed by atoms with Gasteiger partial charge >= 0.3 is 5.97 Å². The zero-order valence-corrected chi connectivity index (χ0v) is 12.4. The van der Waals surface area contributed by atoms with E-state index >= 15 is 0 Å². The Morgan fingerprint density at radius 3 is 2.50 bits per heavy atom. The van der Waals surface area contributed by atoms with Crippen LogP contribution in [0, 0.1) is 0 Å². The molecule has 0 saturated carbocycles. The molecular weight excluding hydrogens is 231 g/mol. The summed E-state index contributed by atoms with van der Waals surface area (Å²) in [4.78, 5) is 20.0. The molecule has 0 spiro atoms. The number of hydrogen-bond donors (Lipinski definition) is 0. The minimum Gasteiger partial charge on any atom is -0.286 e. The van der Waals surface area contributed by atoms with Crippen molar-refractivity contribution in [3.05, 3.63) is 42.5 Å². The van der Waals surface area contributed by atoms with E-state index in [1.807, 2.05) is 36.4 Å². The largest absolute Gasteiger partial charge is 0.352 e. The summed E-state index contributed by atoms with van der Waals surface area (Å²) in [5.74, 6) is 0.0752. The SMILES string of the molecule is CC(=O)OOc1cccc2ccccc12.[K]. The van der Waals surface area contributed by atoms with Crippen LogP contribution >= 0.6 is 0 Å². The summed E-state index contributed by atoms with van der Waals surface area (Å²) in [5, 5.41) is 1.96. The molecule has 0 atom stereocenters. The average molecular weight is 241 g/mol. The third-order valence-corrected chi connectivity index (χ3v) is 2.00. The Labute approximate surface area is 136 Å². The van der Waals surface area contributed by atoms with Gasteiger partial charge in [-0.05, 0) is 11.5 Å². The fourth-order valence-corrected chi connectivity index (χ4v) is 1.37. The van der Waals surface area contributed by atoms with Gasteiger partial charge in [-0.1, -0.05) is 36.4 Å². The molecule has 0 N–H and O–H groups in total. The minimum atomic E-state index is -0.470. The fourth-order valence-electron chi connectivity index (χ4n) is 1.37. The molecule has 0 heterocycles. The normalized spacial score (nSPS) is 9.31. The van der Waals surface area contributed by atoms with E-state index < -0.39 is 5.97 Å². The van der Waals surface area contributed by atoms with E-state index in [1.54, 1.807) is 6.07 Å². The first-order chi connectivity index (χ1) is 7.27. The van der Waals surface area contributed by atoms with E-state index in [2.05, 4.69) is 4.89 Å². The van der Waals surface area contributed by atoms with Crippen LogP contribution in [0.1, 0.15) is 6.92 Å². The summed E-state index contributed by atoms with van der Waals surface area (Å²) < 4.78 is 0. The van der Waals surface area contributed by atoms with Gasteiger partial charge in [0.25, 0.3) is 0 Å². The van der Waals surface area contributed by atoms with Crippen LogP contribution in [0.15, 0.2) is 42.5 Å². The minimum absolute atomic E-state index is 0. The van der Waals surface area contributed by atoms with E-state index in [1.165, 1.54) is 6.92 Å². The zero-order valence-electron chi connectivity index (χ0n) is 9.27. The van der Waals surface area contributed by atoms with Gasteiger partial charge in [-0.25, -0.2) is 4.79 Å². The third kappa shape index (κ3) is 3.30. The molecule has 0 fully saturated rings. The van der Waals surface area contributed by atoms with Crippen LogP contribution in [0.5, 0.6) is 5.75 Å². The predicted octanol–water partition coefficient (Wildman–Crippen LogP) is 2.32. The molecule has 0 aromatic heterocycles. The van der Waals surface area contributed by atoms with Crippen LogP contribution in [0.2, 0.25) is 0 Å². The molecule has 0 saturated heterocycles. The molecule has 77 valence electrons. The maximum atomic E-state index is 10.6. The van der Waals surface area contributed by atoms with E-state index in [-0.39, 0.29) is 51.4 Å². The maximum Gasteiger partial charge on any atom is 0.352 e. The molecule has 0 bridgehead atoms. The summed E-state index contributed by atoms with van der Waals surface area (Å²) in [5.41, 5.74) is 0. The van der Waals surface area contributed by atoms with Gasteiger partial charge in [0, 0.05) is 63.7 Å². The second-order valence-electron chi connectivity index (χ2n) is 3.14. The van der Waals surface area contributed by atoms with Gasteiger partial charge in [0.05, 0.1) is 0 Å². The molecule has 1 radical (unpaired) electrons. The first-order valence-electron chi connectivity index (χ1n) is 4.60. The first-order valence-corrected chi connectivity index (χ1v) is 4.60. The third-order valence-electron chi connectivity index (χ3n) is 2.00. The molecule has 3 nitrogen and oxygen atoms in total. The van der Waals surface area contributed by atoms with Gasteiger partial charge in [-0.2, -0.15) is 0 Å². The van der Waals surface area contributed by atoms with Crippen molar-refractivity contribution in [1.82, 2.24) is 0 Å². The number of benzene rings is 2. The van der Waals surface area contributed by atoms with Crippen molar-refractivity contribution in [1.29, 1.82) is 0 Å². The number of rotatable bonds is 2. The molecule has 0 aliphatic rings. The molecule has 4 heteroatoms. The van der Waals surface area contributed by atoms with Crippen LogP contribution in [0.25, 0.3) is 10.8 Å². The van der Waals surface area contributed by atoms with E-state index in [0.717, 1.165) is 10.8 Å². The van der Waals surface area contributed by atoms with Crippen LogP contribution in [0.4, 0.5) is 0 Å². The Hall–Kier alpha value is -0.394. The molecule has 2 aromatic carbocycles. The quantitative estimate of drug-likeness (QED) is 0.460. The average Bonchev–Trinajstić information content (AvgIpc) is 2.26. The van der Waals surface area contributed by atoms with Crippen LogP contribution < -0.4 is 4.89 Å². The van der Waals surface area contributed by atoms with Crippen molar-refractivity contribution >= 4 is 68.1 Å². The molecule has 0 amide bonds. The fraction of sp³-hybridized carbons (Fsp3) is 0.0833. The Balaban J connectivity index is 0.00000128. The summed E-state index contributed by atoms with van der Waals surface area (Å²) in [6.45, 7) is 1.30. The Morgan fingerprint density at radius 1 is 1.06 bits per heavy atom. The zero-order chi connectivity index (χ0) is 10.7. The van der Waals surface area contributed by atoms with Crippen molar-refractivity contribution in [2.75, 3.05) is 0 Å². The van der Waals surface area contributed by atoms with E-state index in [9.17, 15) is 4.79 Å². The predicted molar refractivity (Wildman–Crippen MR) is 62.1 cm³/mol. The number of carbonyl (C=O) groups is 1. The number of fused-ring (bicyclic) bond motifs is 1. The topological polar surface area (TPSA) is 35.5 Å². The van der Waals surface area contributed by atoms with Crippen LogP contribution in [-0.4, -0.2) is 57.4 Å². The molecule has 2 rings (SSSR count). The number of hydrogen-bond acceptors (Lipinski definition) is 3. The number of carbonyl (C=O) groups excluding carboxylic acids is 1. The summed E-state index contributed by atoms with van der Waals surface area (Å²) in [6, 6.07) is 13.3. The monoisotopic (exact) mass is 241 g/mol. The standard InChI is InChI=1S/C12H10O3.K/c1-9(13)14-15-12-8-4-6-10-5-2-3-7-11(10)12;/h2-8H,1H3;. The summed E-state index contributed by atoms with van der Waals surface area (Å²) in [6.07, 6.45) is 0. The van der Waals surface area contributed by atoms with Gasteiger partial charge in [-0.3, -0.25) is 9.78 Å². The van der Waals surface area contributed by atoms with Gasteiger partial charge in [0.15, 0.2) is 5.75 Å². The van der Waals surface area contributed by atoms with Crippen molar-refractivity contribution in [3.63, 3.8) is 0 Å². The smallest absolute Gasteiger partial charge is 0.286 e. The maximum absolute atomic E-state index is 10.6. The van der Waals surface area contributed by atoms with E-state index in [0.29, 0.717) is 5.75 Å². The van der Waals surface area contributed by atoms with Crippen molar-refractivity contribution in [2.45, 2.75) is 6.92 Å². The van der Waals surface area contributed by atoms with Gasteiger partial charge < -0.3 is 0 Å². The van der Waals surface area contributed by atoms with Gasteiger partial charge in [0.2, 0.25) is 0 Å². The van der Waals surface area contributed by atoms with Crippen molar-refractivity contribution in [2.24, 2.45) is 0 Å². The van der Waals surface area contributed by atoms with Crippen LogP contribution in [-0.2, 0) is 9.68 Å². The molecule has 16 heavy (non-hydrogen) atoms. The van der Waals surface area contributed by atoms with Gasteiger partial charge in [0.1, 0.15) is 0 Å². The molecular formula is C12H10KO3. The molecule has 2 aromatic rings. The summed E-state index contributed by atoms with van der Waals surface area (Å²) >= 11 is 0. The van der Waals surface area contributed by atoms with Gasteiger partial charge in [-0.15, -0.1) is 0 Å². The van der Waals surface area contributed by atoms with E-state index in [4.69, 9.17) is 4.89 Å².